The maximum absolute atomic E-state index is 5.92. The molecular formula is C20H24N6O. The minimum absolute atomic E-state index is 0.406. The van der Waals surface area contributed by atoms with Crippen molar-refractivity contribution in [2.45, 2.75) is 39.3 Å². The average Bonchev–Trinajstić information content (AvgIpc) is 3.33. The lowest BCUT2D eigenvalue weighted by Gasteiger charge is -2.22. The highest BCUT2D eigenvalue weighted by Crippen LogP contribution is 2.28. The Morgan fingerprint density at radius 3 is 2.67 bits per heavy atom. The molecule has 27 heavy (non-hydrogen) atoms. The fourth-order valence-corrected chi connectivity index (χ4v) is 3.46. The molecule has 7 nitrogen and oxygen atoms in total. The minimum atomic E-state index is 0.406. The van der Waals surface area contributed by atoms with Gasteiger partial charge in [-0.3, -0.25) is 4.98 Å². The van der Waals surface area contributed by atoms with Gasteiger partial charge in [0.2, 0.25) is 5.89 Å². The summed E-state index contributed by atoms with van der Waals surface area (Å²) in [4.78, 5) is 11.6. The molecule has 1 aromatic carbocycles. The normalized spacial score (nSPS) is 16.9. The van der Waals surface area contributed by atoms with E-state index < -0.39 is 0 Å². The summed E-state index contributed by atoms with van der Waals surface area (Å²) in [6.45, 7) is 5.96. The number of benzene rings is 1. The van der Waals surface area contributed by atoms with Crippen LogP contribution in [0.1, 0.15) is 31.0 Å². The second-order valence-corrected chi connectivity index (χ2v) is 6.99. The summed E-state index contributed by atoms with van der Waals surface area (Å²) >= 11 is 0. The molecule has 4 rings (SSSR count). The van der Waals surface area contributed by atoms with E-state index in [-0.39, 0.29) is 0 Å². The van der Waals surface area contributed by atoms with Crippen molar-refractivity contribution in [3.63, 3.8) is 0 Å². The van der Waals surface area contributed by atoms with Crippen LogP contribution in [0, 0.1) is 6.92 Å². The third-order valence-corrected chi connectivity index (χ3v) is 5.00. The Balaban J connectivity index is 1.62. The highest BCUT2D eigenvalue weighted by molar-refractivity contribution is 5.58. The first-order valence-corrected chi connectivity index (χ1v) is 9.34. The second-order valence-electron chi connectivity index (χ2n) is 6.99. The van der Waals surface area contributed by atoms with Gasteiger partial charge in [0.25, 0.3) is 5.89 Å². The molecule has 1 aliphatic heterocycles. The SMILES string of the molecule is CNCc1ccc(-c2nnc(-c3nc(N4CCC[C@@H]4C)cnc3C)o2)cc1. The van der Waals surface area contributed by atoms with Crippen molar-refractivity contribution in [2.75, 3.05) is 18.5 Å². The molecular weight excluding hydrogens is 340 g/mol. The zero-order valence-corrected chi connectivity index (χ0v) is 15.9. The van der Waals surface area contributed by atoms with Gasteiger partial charge in [-0.1, -0.05) is 12.1 Å². The number of anilines is 1. The number of hydrogen-bond donors (Lipinski definition) is 1. The smallest absolute Gasteiger partial charge is 0.268 e. The van der Waals surface area contributed by atoms with Gasteiger partial charge in [0.05, 0.1) is 11.9 Å². The van der Waals surface area contributed by atoms with Gasteiger partial charge >= 0.3 is 0 Å². The van der Waals surface area contributed by atoms with Crippen LogP contribution in [-0.2, 0) is 6.54 Å². The molecule has 0 bridgehead atoms. The molecule has 1 saturated heterocycles. The van der Waals surface area contributed by atoms with E-state index in [0.717, 1.165) is 30.2 Å². The number of aromatic nitrogens is 4. The molecule has 140 valence electrons. The van der Waals surface area contributed by atoms with Gasteiger partial charge in [-0.2, -0.15) is 0 Å². The van der Waals surface area contributed by atoms with Gasteiger partial charge in [0.15, 0.2) is 5.69 Å². The molecule has 7 heteroatoms. The topological polar surface area (TPSA) is 80.0 Å². The molecule has 0 unspecified atom stereocenters. The van der Waals surface area contributed by atoms with Crippen LogP contribution >= 0.6 is 0 Å². The first-order chi connectivity index (χ1) is 13.2. The van der Waals surface area contributed by atoms with Crippen LogP contribution in [0.5, 0.6) is 0 Å². The summed E-state index contributed by atoms with van der Waals surface area (Å²) in [7, 11) is 1.93. The highest BCUT2D eigenvalue weighted by atomic mass is 16.4. The van der Waals surface area contributed by atoms with Crippen molar-refractivity contribution >= 4 is 5.82 Å². The lowest BCUT2D eigenvalue weighted by atomic mass is 10.1. The van der Waals surface area contributed by atoms with Crippen LogP contribution in [0.4, 0.5) is 5.82 Å². The quantitative estimate of drug-likeness (QED) is 0.744. The van der Waals surface area contributed by atoms with E-state index in [4.69, 9.17) is 9.40 Å². The van der Waals surface area contributed by atoms with Gasteiger partial charge < -0.3 is 14.6 Å². The molecule has 0 amide bonds. The Morgan fingerprint density at radius 2 is 1.96 bits per heavy atom. The number of nitrogens with one attached hydrogen (secondary N) is 1. The average molecular weight is 364 g/mol. The first-order valence-electron chi connectivity index (χ1n) is 9.34. The maximum Gasteiger partial charge on any atom is 0.268 e. The van der Waals surface area contributed by atoms with E-state index in [1.807, 2.05) is 32.3 Å². The Hall–Kier alpha value is -2.80. The van der Waals surface area contributed by atoms with Crippen molar-refractivity contribution in [1.82, 2.24) is 25.5 Å². The molecule has 2 aromatic heterocycles. The summed E-state index contributed by atoms with van der Waals surface area (Å²) in [6, 6.07) is 8.56. The van der Waals surface area contributed by atoms with Crippen molar-refractivity contribution < 1.29 is 4.42 Å². The predicted molar refractivity (Wildman–Crippen MR) is 104 cm³/mol. The predicted octanol–water partition coefficient (Wildman–Crippen LogP) is 3.21. The van der Waals surface area contributed by atoms with Crippen molar-refractivity contribution in [3.05, 3.63) is 41.7 Å². The number of aryl methyl sites for hydroxylation is 1. The van der Waals surface area contributed by atoms with Gasteiger partial charge in [0.1, 0.15) is 5.82 Å². The Kier molecular flexibility index (Phi) is 4.85. The van der Waals surface area contributed by atoms with E-state index in [1.165, 1.54) is 18.4 Å². The maximum atomic E-state index is 5.92. The van der Waals surface area contributed by atoms with E-state index in [0.29, 0.717) is 23.5 Å². The fourth-order valence-electron chi connectivity index (χ4n) is 3.46. The van der Waals surface area contributed by atoms with Crippen molar-refractivity contribution in [1.29, 1.82) is 0 Å². The zero-order valence-electron chi connectivity index (χ0n) is 15.9. The standard InChI is InChI=1S/C20H24N6O/c1-13-5-4-10-26(13)17-12-22-14(2)18(23-17)20-25-24-19(27-20)16-8-6-15(7-9-16)11-21-3/h6-9,12-13,21H,4-5,10-11H2,1-3H3/t13-/m0/s1. The molecule has 3 heterocycles. The Labute approximate surface area is 158 Å². The van der Waals surface area contributed by atoms with Crippen LogP contribution in [-0.4, -0.2) is 39.8 Å². The minimum Gasteiger partial charge on any atom is -0.415 e. The molecule has 3 aromatic rings. The van der Waals surface area contributed by atoms with E-state index in [9.17, 15) is 0 Å². The largest absolute Gasteiger partial charge is 0.415 e. The molecule has 1 atom stereocenters. The Bertz CT molecular complexity index is 920. The van der Waals surface area contributed by atoms with Gasteiger partial charge in [-0.15, -0.1) is 10.2 Å². The van der Waals surface area contributed by atoms with Gasteiger partial charge in [0, 0.05) is 24.7 Å². The summed E-state index contributed by atoms with van der Waals surface area (Å²) in [5, 5.41) is 11.6. The van der Waals surface area contributed by atoms with Crippen LogP contribution < -0.4 is 10.2 Å². The summed E-state index contributed by atoms with van der Waals surface area (Å²) in [5.74, 6) is 1.77. The molecule has 0 radical (unpaired) electrons. The molecule has 1 N–H and O–H groups in total. The molecule has 0 aliphatic carbocycles. The first kappa shape index (κ1) is 17.6. The van der Waals surface area contributed by atoms with Crippen LogP contribution in [0.2, 0.25) is 0 Å². The number of nitrogens with zero attached hydrogens (tertiary/aromatic N) is 5. The van der Waals surface area contributed by atoms with Crippen LogP contribution in [0.15, 0.2) is 34.9 Å². The van der Waals surface area contributed by atoms with Crippen molar-refractivity contribution in [3.8, 4) is 23.0 Å². The second kappa shape index (κ2) is 7.44. The van der Waals surface area contributed by atoms with Gasteiger partial charge in [-0.25, -0.2) is 4.98 Å². The summed E-state index contributed by atoms with van der Waals surface area (Å²) in [5.41, 5.74) is 3.53. The molecule has 0 spiro atoms. The lowest BCUT2D eigenvalue weighted by Crippen LogP contribution is -2.27. The van der Waals surface area contributed by atoms with E-state index in [2.05, 4.69) is 44.5 Å². The summed E-state index contributed by atoms with van der Waals surface area (Å²) in [6.07, 6.45) is 4.19. The highest BCUT2D eigenvalue weighted by Gasteiger charge is 2.24. The van der Waals surface area contributed by atoms with E-state index >= 15 is 0 Å². The number of hydrogen-bond acceptors (Lipinski definition) is 7. The molecule has 0 saturated carbocycles. The third-order valence-electron chi connectivity index (χ3n) is 5.00. The van der Waals surface area contributed by atoms with Crippen LogP contribution in [0.25, 0.3) is 23.0 Å². The number of rotatable bonds is 5. The van der Waals surface area contributed by atoms with Crippen molar-refractivity contribution in [2.24, 2.45) is 0 Å². The monoisotopic (exact) mass is 364 g/mol. The fraction of sp³-hybridized carbons (Fsp3) is 0.400. The van der Waals surface area contributed by atoms with E-state index in [1.54, 1.807) is 0 Å². The third kappa shape index (κ3) is 3.55. The van der Waals surface area contributed by atoms with Gasteiger partial charge in [-0.05, 0) is 51.4 Å². The van der Waals surface area contributed by atoms with Crippen LogP contribution in [0.3, 0.4) is 0 Å². The molecule has 1 aliphatic rings. The molecule has 1 fully saturated rings. The zero-order chi connectivity index (χ0) is 18.8. The Morgan fingerprint density at radius 1 is 1.19 bits per heavy atom. The lowest BCUT2D eigenvalue weighted by molar-refractivity contribution is 0.580. The summed E-state index contributed by atoms with van der Waals surface area (Å²) < 4.78 is 5.92.